The Morgan fingerprint density at radius 1 is 1.21 bits per heavy atom. The number of piperidine rings is 1. The van der Waals surface area contributed by atoms with Crippen molar-refractivity contribution in [3.63, 3.8) is 0 Å². The van der Waals surface area contributed by atoms with Crippen molar-refractivity contribution < 1.29 is 4.52 Å². The minimum absolute atomic E-state index is 0.472. The van der Waals surface area contributed by atoms with Gasteiger partial charge in [-0.1, -0.05) is 15.9 Å². The Morgan fingerprint density at radius 2 is 2.00 bits per heavy atom. The molecule has 0 amide bonds. The highest BCUT2D eigenvalue weighted by atomic mass is 79.9. The monoisotopic (exact) mass is 322 g/mol. The summed E-state index contributed by atoms with van der Waals surface area (Å²) >= 11 is 3.42. The normalized spacial score (nSPS) is 15.7. The molecule has 0 bridgehead atoms. The molecule has 0 saturated carbocycles. The number of hydrogen-bond acceptors (Lipinski definition) is 5. The molecule has 3 rings (SSSR count). The van der Waals surface area contributed by atoms with Crippen LogP contribution in [0.15, 0.2) is 27.2 Å². The first kappa shape index (κ1) is 12.5. The molecule has 6 heteroatoms. The molecule has 19 heavy (non-hydrogen) atoms. The standard InChI is InChI=1S/C13H15BrN4O/c14-9-4-5-11(15)10(8-9)12-16-13(17-19-12)18-6-2-1-3-7-18/h4-5,8H,1-3,6-7,15H2. The highest BCUT2D eigenvalue weighted by molar-refractivity contribution is 9.10. The van der Waals surface area contributed by atoms with Gasteiger partial charge in [-0.25, -0.2) is 0 Å². The summed E-state index contributed by atoms with van der Waals surface area (Å²) < 4.78 is 6.28. The number of nitrogen functional groups attached to an aromatic ring is 1. The van der Waals surface area contributed by atoms with Crippen LogP contribution in [0.2, 0.25) is 0 Å². The van der Waals surface area contributed by atoms with E-state index in [1.54, 1.807) is 0 Å². The SMILES string of the molecule is Nc1ccc(Br)cc1-c1nc(N2CCCCC2)no1. The van der Waals surface area contributed by atoms with Crippen molar-refractivity contribution in [3.8, 4) is 11.5 Å². The molecule has 100 valence electrons. The second-order valence-corrected chi connectivity index (χ2v) is 5.59. The van der Waals surface area contributed by atoms with E-state index in [0.29, 0.717) is 17.5 Å². The lowest BCUT2D eigenvalue weighted by atomic mass is 10.1. The number of anilines is 2. The van der Waals surface area contributed by atoms with Crippen LogP contribution in [-0.2, 0) is 0 Å². The quantitative estimate of drug-likeness (QED) is 0.860. The molecular formula is C13H15BrN4O. The van der Waals surface area contributed by atoms with Crippen LogP contribution < -0.4 is 10.6 Å². The Hall–Kier alpha value is -1.56. The average Bonchev–Trinajstić information content (AvgIpc) is 2.92. The number of halogens is 1. The fourth-order valence-corrected chi connectivity index (χ4v) is 2.62. The number of nitrogens with two attached hydrogens (primary N) is 1. The lowest BCUT2D eigenvalue weighted by Gasteiger charge is -2.24. The van der Waals surface area contributed by atoms with Crippen LogP contribution in [-0.4, -0.2) is 23.2 Å². The van der Waals surface area contributed by atoms with Crippen LogP contribution in [0.3, 0.4) is 0 Å². The lowest BCUT2D eigenvalue weighted by Crippen LogP contribution is -2.30. The summed E-state index contributed by atoms with van der Waals surface area (Å²) in [6.45, 7) is 1.99. The van der Waals surface area contributed by atoms with Gasteiger partial charge in [-0.15, -0.1) is 0 Å². The van der Waals surface area contributed by atoms with E-state index >= 15 is 0 Å². The molecule has 2 N–H and O–H groups in total. The number of nitrogens with zero attached hydrogens (tertiary/aromatic N) is 3. The van der Waals surface area contributed by atoms with E-state index in [4.69, 9.17) is 10.3 Å². The molecule has 0 spiro atoms. The molecule has 1 fully saturated rings. The van der Waals surface area contributed by atoms with Gasteiger partial charge in [-0.3, -0.25) is 0 Å². The van der Waals surface area contributed by atoms with Gasteiger partial charge in [0.2, 0.25) is 0 Å². The van der Waals surface area contributed by atoms with Gasteiger partial charge in [0.1, 0.15) is 0 Å². The summed E-state index contributed by atoms with van der Waals surface area (Å²) in [7, 11) is 0. The van der Waals surface area contributed by atoms with Crippen LogP contribution in [0.5, 0.6) is 0 Å². The third-order valence-corrected chi connectivity index (χ3v) is 3.79. The van der Waals surface area contributed by atoms with Crippen LogP contribution in [0.1, 0.15) is 19.3 Å². The Bertz CT molecular complexity index is 578. The zero-order chi connectivity index (χ0) is 13.2. The van der Waals surface area contributed by atoms with E-state index in [-0.39, 0.29) is 0 Å². The topological polar surface area (TPSA) is 68.2 Å². The molecule has 0 unspecified atom stereocenters. The Kier molecular flexibility index (Phi) is 3.42. The lowest BCUT2D eigenvalue weighted by molar-refractivity contribution is 0.426. The molecule has 0 atom stereocenters. The Labute approximate surface area is 119 Å². The maximum absolute atomic E-state index is 5.95. The van der Waals surface area contributed by atoms with Crippen molar-refractivity contribution in [2.75, 3.05) is 23.7 Å². The molecule has 2 aromatic rings. The van der Waals surface area contributed by atoms with E-state index in [9.17, 15) is 0 Å². The van der Waals surface area contributed by atoms with E-state index in [2.05, 4.69) is 31.0 Å². The molecule has 2 heterocycles. The molecule has 5 nitrogen and oxygen atoms in total. The average molecular weight is 323 g/mol. The van der Waals surface area contributed by atoms with Gasteiger partial charge in [0.25, 0.3) is 11.8 Å². The van der Waals surface area contributed by atoms with Crippen LogP contribution in [0, 0.1) is 0 Å². The molecular weight excluding hydrogens is 308 g/mol. The zero-order valence-electron chi connectivity index (χ0n) is 10.5. The van der Waals surface area contributed by atoms with Gasteiger partial charge in [-0.2, -0.15) is 4.98 Å². The first-order valence-corrected chi connectivity index (χ1v) is 7.17. The molecule has 0 radical (unpaired) electrons. The summed E-state index contributed by atoms with van der Waals surface area (Å²) in [6.07, 6.45) is 3.64. The highest BCUT2D eigenvalue weighted by Gasteiger charge is 2.18. The first-order valence-electron chi connectivity index (χ1n) is 6.38. The maximum Gasteiger partial charge on any atom is 0.266 e. The zero-order valence-corrected chi connectivity index (χ0v) is 12.1. The fraction of sp³-hybridized carbons (Fsp3) is 0.385. The summed E-state index contributed by atoms with van der Waals surface area (Å²) in [5.41, 5.74) is 7.35. The van der Waals surface area contributed by atoms with Crippen molar-refractivity contribution in [1.82, 2.24) is 10.1 Å². The number of rotatable bonds is 2. The molecule has 1 aliphatic rings. The van der Waals surface area contributed by atoms with Crippen molar-refractivity contribution in [1.29, 1.82) is 0 Å². The second-order valence-electron chi connectivity index (χ2n) is 4.68. The van der Waals surface area contributed by atoms with Crippen LogP contribution in [0.4, 0.5) is 11.6 Å². The van der Waals surface area contributed by atoms with Gasteiger partial charge < -0.3 is 15.2 Å². The van der Waals surface area contributed by atoms with Gasteiger partial charge >= 0.3 is 0 Å². The highest BCUT2D eigenvalue weighted by Crippen LogP contribution is 2.29. The smallest absolute Gasteiger partial charge is 0.266 e. The van der Waals surface area contributed by atoms with E-state index in [1.807, 2.05) is 18.2 Å². The molecule has 1 saturated heterocycles. The van der Waals surface area contributed by atoms with Gasteiger partial charge in [0.05, 0.1) is 5.56 Å². The van der Waals surface area contributed by atoms with E-state index < -0.39 is 0 Å². The molecule has 0 aliphatic carbocycles. The van der Waals surface area contributed by atoms with Crippen molar-refractivity contribution >= 4 is 27.6 Å². The van der Waals surface area contributed by atoms with Crippen molar-refractivity contribution in [2.24, 2.45) is 0 Å². The molecule has 1 aliphatic heterocycles. The summed E-state index contributed by atoms with van der Waals surface area (Å²) in [4.78, 5) is 6.61. The minimum atomic E-state index is 0.472. The first-order chi connectivity index (χ1) is 9.24. The predicted octanol–water partition coefficient (Wildman–Crippen LogP) is 3.07. The van der Waals surface area contributed by atoms with Gasteiger partial charge in [0, 0.05) is 23.2 Å². The predicted molar refractivity (Wildman–Crippen MR) is 77.9 cm³/mol. The second kappa shape index (κ2) is 5.21. The van der Waals surface area contributed by atoms with Crippen LogP contribution >= 0.6 is 15.9 Å². The summed E-state index contributed by atoms with van der Waals surface area (Å²) in [5.74, 6) is 1.13. The summed E-state index contributed by atoms with van der Waals surface area (Å²) in [6, 6.07) is 5.60. The van der Waals surface area contributed by atoms with Crippen molar-refractivity contribution in [2.45, 2.75) is 19.3 Å². The van der Waals surface area contributed by atoms with Gasteiger partial charge in [0.15, 0.2) is 0 Å². The third kappa shape index (κ3) is 2.58. The largest absolute Gasteiger partial charge is 0.398 e. The summed E-state index contributed by atoms with van der Waals surface area (Å²) in [5, 5.41) is 4.06. The minimum Gasteiger partial charge on any atom is -0.398 e. The number of hydrogen-bond donors (Lipinski definition) is 1. The molecule has 1 aromatic heterocycles. The molecule has 1 aromatic carbocycles. The third-order valence-electron chi connectivity index (χ3n) is 3.30. The van der Waals surface area contributed by atoms with Gasteiger partial charge in [-0.05, 0) is 42.6 Å². The van der Waals surface area contributed by atoms with Crippen LogP contribution in [0.25, 0.3) is 11.5 Å². The van der Waals surface area contributed by atoms with E-state index in [0.717, 1.165) is 23.1 Å². The maximum atomic E-state index is 5.95. The van der Waals surface area contributed by atoms with Crippen molar-refractivity contribution in [3.05, 3.63) is 22.7 Å². The van der Waals surface area contributed by atoms with E-state index in [1.165, 1.54) is 19.3 Å². The number of aromatic nitrogens is 2. The number of benzene rings is 1. The Morgan fingerprint density at radius 3 is 2.79 bits per heavy atom. The fourth-order valence-electron chi connectivity index (χ4n) is 2.26. The Balaban J connectivity index is 1.89.